The molecule has 108 valence electrons. The predicted molar refractivity (Wildman–Crippen MR) is 85.4 cm³/mol. The minimum absolute atomic E-state index is 0.0483. The third kappa shape index (κ3) is 4.36. The highest BCUT2D eigenvalue weighted by atomic mass is 16.5. The third-order valence-corrected chi connectivity index (χ3v) is 3.65. The van der Waals surface area contributed by atoms with Crippen molar-refractivity contribution in [2.75, 3.05) is 6.61 Å². The molecule has 0 fully saturated rings. The SMILES string of the molecule is Cc1ccc(OCCCC(C#N)c2ccccc2C)cc1. The van der Waals surface area contributed by atoms with Crippen LogP contribution in [0.4, 0.5) is 0 Å². The van der Waals surface area contributed by atoms with Crippen molar-refractivity contribution in [3.63, 3.8) is 0 Å². The lowest BCUT2D eigenvalue weighted by Crippen LogP contribution is -2.03. The highest BCUT2D eigenvalue weighted by Crippen LogP contribution is 2.23. The first kappa shape index (κ1) is 15.1. The number of benzene rings is 2. The van der Waals surface area contributed by atoms with Crippen LogP contribution in [0.3, 0.4) is 0 Å². The van der Waals surface area contributed by atoms with E-state index in [-0.39, 0.29) is 5.92 Å². The van der Waals surface area contributed by atoms with E-state index in [1.807, 2.05) is 42.5 Å². The van der Waals surface area contributed by atoms with Crippen LogP contribution in [0.25, 0.3) is 0 Å². The smallest absolute Gasteiger partial charge is 0.119 e. The summed E-state index contributed by atoms with van der Waals surface area (Å²) in [5.41, 5.74) is 3.55. The van der Waals surface area contributed by atoms with Gasteiger partial charge in [0.05, 0.1) is 18.6 Å². The summed E-state index contributed by atoms with van der Waals surface area (Å²) in [6.07, 6.45) is 1.70. The van der Waals surface area contributed by atoms with Crippen molar-refractivity contribution in [3.05, 3.63) is 65.2 Å². The van der Waals surface area contributed by atoms with Gasteiger partial charge in [0.15, 0.2) is 0 Å². The monoisotopic (exact) mass is 279 g/mol. The van der Waals surface area contributed by atoms with E-state index in [9.17, 15) is 5.26 Å². The number of hydrogen-bond acceptors (Lipinski definition) is 2. The molecule has 0 spiro atoms. The lowest BCUT2D eigenvalue weighted by molar-refractivity contribution is 0.305. The zero-order valence-corrected chi connectivity index (χ0v) is 12.7. The van der Waals surface area contributed by atoms with Crippen LogP contribution in [-0.4, -0.2) is 6.61 Å². The van der Waals surface area contributed by atoms with Gasteiger partial charge in [0.2, 0.25) is 0 Å². The van der Waals surface area contributed by atoms with Crippen LogP contribution in [0.15, 0.2) is 48.5 Å². The number of nitrogens with zero attached hydrogens (tertiary/aromatic N) is 1. The Morgan fingerprint density at radius 2 is 1.76 bits per heavy atom. The number of hydrogen-bond donors (Lipinski definition) is 0. The summed E-state index contributed by atoms with van der Waals surface area (Å²) in [6, 6.07) is 18.6. The molecule has 2 aromatic carbocycles. The maximum atomic E-state index is 9.36. The van der Waals surface area contributed by atoms with Crippen LogP contribution < -0.4 is 4.74 Å². The summed E-state index contributed by atoms with van der Waals surface area (Å²) in [4.78, 5) is 0. The van der Waals surface area contributed by atoms with Crippen molar-refractivity contribution in [3.8, 4) is 11.8 Å². The van der Waals surface area contributed by atoms with Crippen LogP contribution in [0.1, 0.15) is 35.4 Å². The van der Waals surface area contributed by atoms with Crippen LogP contribution >= 0.6 is 0 Å². The Labute approximate surface area is 127 Å². The molecule has 2 aromatic rings. The summed E-state index contributed by atoms with van der Waals surface area (Å²) < 4.78 is 5.71. The molecule has 2 rings (SSSR count). The molecule has 0 heterocycles. The fourth-order valence-electron chi connectivity index (χ4n) is 2.38. The van der Waals surface area contributed by atoms with Crippen molar-refractivity contribution in [1.82, 2.24) is 0 Å². The van der Waals surface area contributed by atoms with E-state index in [1.54, 1.807) is 0 Å². The van der Waals surface area contributed by atoms with Crippen molar-refractivity contribution in [2.45, 2.75) is 32.6 Å². The van der Waals surface area contributed by atoms with Gasteiger partial charge < -0.3 is 4.74 Å². The Bertz CT molecular complexity index is 610. The molecule has 0 bridgehead atoms. The Kier molecular flexibility index (Phi) is 5.40. The first-order valence-electron chi connectivity index (χ1n) is 7.35. The zero-order valence-electron chi connectivity index (χ0n) is 12.7. The lowest BCUT2D eigenvalue weighted by Gasteiger charge is -2.12. The standard InChI is InChI=1S/C19H21NO/c1-15-9-11-18(12-10-15)21-13-5-7-17(14-20)19-8-4-3-6-16(19)2/h3-4,6,8-12,17H,5,7,13H2,1-2H3. The minimum atomic E-state index is -0.0483. The Hall–Kier alpha value is -2.27. The number of rotatable bonds is 6. The van der Waals surface area contributed by atoms with E-state index < -0.39 is 0 Å². The molecule has 0 amide bonds. The third-order valence-electron chi connectivity index (χ3n) is 3.65. The highest BCUT2D eigenvalue weighted by Gasteiger charge is 2.12. The van der Waals surface area contributed by atoms with Crippen molar-refractivity contribution in [1.29, 1.82) is 5.26 Å². The molecular formula is C19H21NO. The van der Waals surface area contributed by atoms with Gasteiger partial charge >= 0.3 is 0 Å². The fraction of sp³-hybridized carbons (Fsp3) is 0.316. The molecular weight excluding hydrogens is 258 g/mol. The fourth-order valence-corrected chi connectivity index (χ4v) is 2.38. The summed E-state index contributed by atoms with van der Waals surface area (Å²) in [5, 5.41) is 9.36. The quantitative estimate of drug-likeness (QED) is 0.713. The molecule has 0 N–H and O–H groups in total. The van der Waals surface area contributed by atoms with E-state index in [2.05, 4.69) is 26.0 Å². The van der Waals surface area contributed by atoms with Crippen LogP contribution in [-0.2, 0) is 0 Å². The van der Waals surface area contributed by atoms with Gasteiger partial charge in [-0.3, -0.25) is 0 Å². The Morgan fingerprint density at radius 3 is 2.43 bits per heavy atom. The average molecular weight is 279 g/mol. The van der Waals surface area contributed by atoms with Crippen LogP contribution in [0.5, 0.6) is 5.75 Å². The number of ether oxygens (including phenoxy) is 1. The number of nitriles is 1. The molecule has 0 aliphatic rings. The lowest BCUT2D eigenvalue weighted by atomic mass is 9.92. The first-order chi connectivity index (χ1) is 10.2. The Balaban J connectivity index is 1.83. The first-order valence-corrected chi connectivity index (χ1v) is 7.35. The predicted octanol–water partition coefficient (Wildman–Crippen LogP) is 4.77. The van der Waals surface area contributed by atoms with Gasteiger partial charge in [0.1, 0.15) is 5.75 Å². The molecule has 0 aliphatic heterocycles. The molecule has 0 saturated carbocycles. The number of aryl methyl sites for hydroxylation is 2. The largest absolute Gasteiger partial charge is 0.494 e. The van der Waals surface area contributed by atoms with Crippen molar-refractivity contribution in [2.24, 2.45) is 0 Å². The molecule has 1 atom stereocenters. The van der Waals surface area contributed by atoms with Crippen LogP contribution in [0.2, 0.25) is 0 Å². The molecule has 2 heteroatoms. The normalized spacial score (nSPS) is 11.7. The second-order valence-corrected chi connectivity index (χ2v) is 5.34. The molecule has 21 heavy (non-hydrogen) atoms. The van der Waals surface area contributed by atoms with Gasteiger partial charge in [0, 0.05) is 0 Å². The van der Waals surface area contributed by atoms with Gasteiger partial charge in [-0.25, -0.2) is 0 Å². The topological polar surface area (TPSA) is 33.0 Å². The molecule has 0 radical (unpaired) electrons. The summed E-state index contributed by atoms with van der Waals surface area (Å²) >= 11 is 0. The van der Waals surface area contributed by atoms with Crippen molar-refractivity contribution >= 4 is 0 Å². The van der Waals surface area contributed by atoms with Crippen LogP contribution in [0, 0.1) is 25.2 Å². The van der Waals surface area contributed by atoms with Crippen molar-refractivity contribution < 1.29 is 4.74 Å². The van der Waals surface area contributed by atoms with E-state index in [1.165, 1.54) is 11.1 Å². The maximum Gasteiger partial charge on any atom is 0.119 e. The molecule has 1 unspecified atom stereocenters. The second-order valence-electron chi connectivity index (χ2n) is 5.34. The maximum absolute atomic E-state index is 9.36. The van der Waals surface area contributed by atoms with Gasteiger partial charge in [-0.15, -0.1) is 0 Å². The average Bonchev–Trinajstić information content (AvgIpc) is 2.50. The van der Waals surface area contributed by atoms with E-state index in [4.69, 9.17) is 4.74 Å². The molecule has 0 aromatic heterocycles. The Morgan fingerprint density at radius 1 is 1.05 bits per heavy atom. The molecule has 2 nitrogen and oxygen atoms in total. The minimum Gasteiger partial charge on any atom is -0.494 e. The summed E-state index contributed by atoms with van der Waals surface area (Å²) in [6.45, 7) is 4.76. The van der Waals surface area contributed by atoms with E-state index in [0.29, 0.717) is 6.61 Å². The van der Waals surface area contributed by atoms with E-state index in [0.717, 1.165) is 24.2 Å². The molecule has 0 saturated heterocycles. The molecule has 0 aliphatic carbocycles. The zero-order chi connectivity index (χ0) is 15.1. The second kappa shape index (κ2) is 7.50. The van der Waals surface area contributed by atoms with Gasteiger partial charge in [-0.1, -0.05) is 42.0 Å². The van der Waals surface area contributed by atoms with Gasteiger partial charge in [-0.05, 0) is 49.9 Å². The summed E-state index contributed by atoms with van der Waals surface area (Å²) in [5.74, 6) is 0.845. The highest BCUT2D eigenvalue weighted by molar-refractivity contribution is 5.32. The van der Waals surface area contributed by atoms with E-state index >= 15 is 0 Å². The van der Waals surface area contributed by atoms with Gasteiger partial charge in [-0.2, -0.15) is 5.26 Å². The van der Waals surface area contributed by atoms with Gasteiger partial charge in [0.25, 0.3) is 0 Å². The summed E-state index contributed by atoms with van der Waals surface area (Å²) in [7, 11) is 0.